The Morgan fingerprint density at radius 2 is 1.91 bits per heavy atom. The smallest absolute Gasteiger partial charge is 0.408 e. The lowest BCUT2D eigenvalue weighted by molar-refractivity contribution is -0.139. The number of aromatic nitrogens is 2. The van der Waals surface area contributed by atoms with Gasteiger partial charge in [0.25, 0.3) is 0 Å². The van der Waals surface area contributed by atoms with E-state index < -0.39 is 35.3 Å². The molecule has 43 heavy (non-hydrogen) atoms. The summed E-state index contributed by atoms with van der Waals surface area (Å²) in [6.07, 6.45) is 5.12. The third kappa shape index (κ3) is 6.15. The van der Waals surface area contributed by atoms with Gasteiger partial charge in [-0.05, 0) is 49.1 Å². The largest absolute Gasteiger partial charge is 0.497 e. The van der Waals surface area contributed by atoms with Crippen LogP contribution in [0.4, 0.5) is 4.79 Å². The Bertz CT molecular complexity index is 1370. The molecular weight excluding hydrogens is 548 g/mol. The fraction of sp³-hybridized carbons (Fsp3) is 0.667. The van der Waals surface area contributed by atoms with E-state index >= 15 is 0 Å². The molecule has 1 aromatic carbocycles. The van der Waals surface area contributed by atoms with Crippen molar-refractivity contribution >= 4 is 29.3 Å². The van der Waals surface area contributed by atoms with E-state index in [-0.39, 0.29) is 30.2 Å². The molecule has 2 fully saturated rings. The van der Waals surface area contributed by atoms with E-state index in [9.17, 15) is 14.4 Å². The summed E-state index contributed by atoms with van der Waals surface area (Å²) in [5, 5.41) is 2.89. The first kappa shape index (κ1) is 31.0. The van der Waals surface area contributed by atoms with Gasteiger partial charge in [0, 0.05) is 17.9 Å². The van der Waals surface area contributed by atoms with Crippen LogP contribution in [0, 0.1) is 23.2 Å². The summed E-state index contributed by atoms with van der Waals surface area (Å²) in [5.74, 6) is 0.904. The molecule has 234 valence electrons. The molecule has 0 radical (unpaired) electrons. The van der Waals surface area contributed by atoms with Crippen LogP contribution >= 0.6 is 0 Å². The number of hydrogen-bond donors (Lipinski definition) is 1. The third-order valence-corrected chi connectivity index (χ3v) is 9.65. The molecule has 1 saturated carbocycles. The minimum absolute atomic E-state index is 0.156. The Morgan fingerprint density at radius 3 is 2.58 bits per heavy atom. The van der Waals surface area contributed by atoms with Gasteiger partial charge >= 0.3 is 6.09 Å². The van der Waals surface area contributed by atoms with Gasteiger partial charge in [-0.2, -0.15) is 0 Å². The fourth-order valence-electron chi connectivity index (χ4n) is 6.76. The Hall–Kier alpha value is -3.43. The molecule has 3 heterocycles. The van der Waals surface area contributed by atoms with Gasteiger partial charge in [0.05, 0.1) is 30.7 Å². The maximum atomic E-state index is 14.1. The standard InChI is InChI=1S/C33H46N4O6/c1-19(2)33-16-21(33)11-9-8-10-12-24-29(35-25-15-22(41-7)13-14-23(25)34-24)42-27-17-37(26(18-38)20(27)3)30(39)28(32(4,5)6)36-31(40)43-33/h13-15,18-21,26-28H,8-12,16-17H2,1-7H3,(H,36,40)/t20-,21+,26+,27-,28+,33?/m0/s1. The minimum Gasteiger partial charge on any atom is -0.497 e. The Kier molecular flexibility index (Phi) is 8.60. The fourth-order valence-corrected chi connectivity index (χ4v) is 6.76. The van der Waals surface area contributed by atoms with E-state index in [1.165, 1.54) is 4.90 Å². The Morgan fingerprint density at radius 1 is 1.14 bits per heavy atom. The maximum Gasteiger partial charge on any atom is 0.408 e. The predicted molar refractivity (Wildman–Crippen MR) is 162 cm³/mol. The molecular formula is C33H46N4O6. The highest BCUT2D eigenvalue weighted by Crippen LogP contribution is 2.55. The number of fused-ring (bicyclic) bond motifs is 5. The average molecular weight is 595 g/mol. The molecule has 3 aliphatic rings. The van der Waals surface area contributed by atoms with E-state index in [0.29, 0.717) is 23.6 Å². The van der Waals surface area contributed by atoms with Crippen LogP contribution in [-0.2, 0) is 20.7 Å². The molecule has 2 aliphatic heterocycles. The zero-order valence-corrected chi connectivity index (χ0v) is 26.5. The second-order valence-corrected chi connectivity index (χ2v) is 13.9. The van der Waals surface area contributed by atoms with Crippen LogP contribution in [0.5, 0.6) is 11.6 Å². The summed E-state index contributed by atoms with van der Waals surface area (Å²) in [6.45, 7) is 12.0. The number of amides is 2. The monoisotopic (exact) mass is 594 g/mol. The van der Waals surface area contributed by atoms with Crippen LogP contribution in [0.25, 0.3) is 11.0 Å². The lowest BCUT2D eigenvalue weighted by Gasteiger charge is -2.35. The number of benzene rings is 1. The molecule has 2 amide bonds. The number of ether oxygens (including phenoxy) is 3. The SMILES string of the molecule is COc1ccc2nc3c(nc2c1)O[C@H]1CN(C(=O)[C@H](C(C)(C)C)NC(=O)OC2(C(C)C)C[C@H]2CCCCC3)[C@H](C=O)[C@@H]1C. The second-order valence-electron chi connectivity index (χ2n) is 13.9. The molecule has 2 aromatic rings. The quantitative estimate of drug-likeness (QED) is 0.488. The molecule has 1 N–H and O–H groups in total. The van der Waals surface area contributed by atoms with Crippen molar-refractivity contribution in [2.45, 2.75) is 104 Å². The number of nitrogens with one attached hydrogen (secondary N) is 1. The maximum absolute atomic E-state index is 14.1. The van der Waals surface area contributed by atoms with Crippen molar-refractivity contribution in [1.82, 2.24) is 20.2 Å². The van der Waals surface area contributed by atoms with Gasteiger partial charge in [0.1, 0.15) is 35.5 Å². The van der Waals surface area contributed by atoms with Crippen LogP contribution in [0.1, 0.15) is 79.3 Å². The van der Waals surface area contributed by atoms with E-state index in [2.05, 4.69) is 19.2 Å². The number of carbonyl (C=O) groups is 3. The summed E-state index contributed by atoms with van der Waals surface area (Å²) in [5.41, 5.74) is 1.03. The normalized spacial score (nSPS) is 30.3. The lowest BCUT2D eigenvalue weighted by atomic mass is 9.85. The number of aldehydes is 1. The van der Waals surface area contributed by atoms with Crippen LogP contribution in [-0.4, -0.2) is 70.6 Å². The molecule has 10 heteroatoms. The summed E-state index contributed by atoms with van der Waals surface area (Å²) in [6, 6.07) is 3.99. The molecule has 10 nitrogen and oxygen atoms in total. The van der Waals surface area contributed by atoms with Gasteiger partial charge in [-0.25, -0.2) is 14.8 Å². The van der Waals surface area contributed by atoms with Gasteiger partial charge in [0.2, 0.25) is 11.8 Å². The average Bonchev–Trinajstić information content (AvgIpc) is 3.56. The highest BCUT2D eigenvalue weighted by molar-refractivity contribution is 5.89. The number of alkyl carbamates (subject to hydrolysis) is 1. The van der Waals surface area contributed by atoms with Gasteiger partial charge in [-0.15, -0.1) is 0 Å². The number of rotatable bonds is 3. The first-order chi connectivity index (χ1) is 20.4. The van der Waals surface area contributed by atoms with Gasteiger partial charge in [0.15, 0.2) is 0 Å². The van der Waals surface area contributed by atoms with E-state index in [4.69, 9.17) is 24.2 Å². The molecule has 1 aliphatic carbocycles. The van der Waals surface area contributed by atoms with Crippen molar-refractivity contribution in [3.05, 3.63) is 23.9 Å². The number of nitrogens with zero attached hydrogens (tertiary/aromatic N) is 3. The van der Waals surface area contributed by atoms with Crippen LogP contribution in [0.3, 0.4) is 0 Å². The number of hydrogen-bond acceptors (Lipinski definition) is 8. The van der Waals surface area contributed by atoms with Gasteiger partial charge in [-0.1, -0.05) is 54.4 Å². The van der Waals surface area contributed by atoms with E-state index in [0.717, 1.165) is 49.6 Å². The van der Waals surface area contributed by atoms with Crippen molar-refractivity contribution in [2.75, 3.05) is 13.7 Å². The van der Waals surface area contributed by atoms with Crippen LogP contribution < -0.4 is 14.8 Å². The molecule has 6 atom stereocenters. The minimum atomic E-state index is -0.891. The summed E-state index contributed by atoms with van der Waals surface area (Å²) in [4.78, 5) is 51.1. The second kappa shape index (κ2) is 11.9. The van der Waals surface area contributed by atoms with Crippen molar-refractivity contribution < 1.29 is 28.6 Å². The molecule has 2 bridgehead atoms. The highest BCUT2D eigenvalue weighted by Gasteiger charge is 2.59. The molecule has 0 spiro atoms. The van der Waals surface area contributed by atoms with Crippen LogP contribution in [0.2, 0.25) is 0 Å². The number of aryl methyl sites for hydroxylation is 1. The van der Waals surface area contributed by atoms with Crippen LogP contribution in [0.15, 0.2) is 18.2 Å². The van der Waals surface area contributed by atoms with E-state index in [1.807, 2.05) is 45.9 Å². The van der Waals surface area contributed by atoms with Gasteiger partial charge in [-0.3, -0.25) is 4.79 Å². The lowest BCUT2D eigenvalue weighted by Crippen LogP contribution is -2.57. The van der Waals surface area contributed by atoms with Crippen molar-refractivity contribution in [3.63, 3.8) is 0 Å². The summed E-state index contributed by atoms with van der Waals surface area (Å²) in [7, 11) is 1.61. The topological polar surface area (TPSA) is 120 Å². The predicted octanol–water partition coefficient (Wildman–Crippen LogP) is 5.10. The first-order valence-electron chi connectivity index (χ1n) is 15.6. The summed E-state index contributed by atoms with van der Waals surface area (Å²) < 4.78 is 18.0. The zero-order chi connectivity index (χ0) is 31.1. The molecule has 1 saturated heterocycles. The third-order valence-electron chi connectivity index (χ3n) is 9.65. The number of methoxy groups -OCH3 is 1. The Balaban J connectivity index is 1.51. The van der Waals surface area contributed by atoms with E-state index in [1.54, 1.807) is 7.11 Å². The van der Waals surface area contributed by atoms with Crippen molar-refractivity contribution in [1.29, 1.82) is 0 Å². The van der Waals surface area contributed by atoms with Crippen molar-refractivity contribution in [2.24, 2.45) is 23.2 Å². The molecule has 5 rings (SSSR count). The van der Waals surface area contributed by atoms with Gasteiger partial charge < -0.3 is 29.2 Å². The summed E-state index contributed by atoms with van der Waals surface area (Å²) >= 11 is 0. The molecule has 1 aromatic heterocycles. The highest BCUT2D eigenvalue weighted by atomic mass is 16.6. The zero-order valence-electron chi connectivity index (χ0n) is 26.5. The Labute approximate surface area is 254 Å². The van der Waals surface area contributed by atoms with Crippen molar-refractivity contribution in [3.8, 4) is 11.6 Å². The number of carbonyl (C=O) groups excluding carboxylic acids is 3. The molecule has 1 unspecified atom stereocenters. The first-order valence-corrected chi connectivity index (χ1v) is 15.6.